The van der Waals surface area contributed by atoms with Crippen molar-refractivity contribution in [3.8, 4) is 17.2 Å². The topological polar surface area (TPSA) is 58.9 Å². The largest absolute Gasteiger partial charge is 0.504 e. The summed E-state index contributed by atoms with van der Waals surface area (Å²) in [5.74, 6) is -0.950. The van der Waals surface area contributed by atoms with Crippen molar-refractivity contribution >= 4 is 0 Å². The zero-order chi connectivity index (χ0) is 11.7. The fourth-order valence-electron chi connectivity index (χ4n) is 1.68. The second-order valence-electron chi connectivity index (χ2n) is 3.67. The van der Waals surface area contributed by atoms with Gasteiger partial charge in [0.15, 0.2) is 23.1 Å². The van der Waals surface area contributed by atoms with Crippen LogP contribution in [0.3, 0.4) is 0 Å². The van der Waals surface area contributed by atoms with Gasteiger partial charge < -0.3 is 19.7 Å². The van der Waals surface area contributed by atoms with Crippen LogP contribution in [0, 0.1) is 5.82 Å². The quantitative estimate of drug-likeness (QED) is 0.768. The van der Waals surface area contributed by atoms with Crippen LogP contribution in [-0.2, 0) is 0 Å². The van der Waals surface area contributed by atoms with Crippen LogP contribution in [0.25, 0.3) is 0 Å². The van der Waals surface area contributed by atoms with E-state index in [1.807, 2.05) is 0 Å². The summed E-state index contributed by atoms with van der Waals surface area (Å²) in [7, 11) is 0. The summed E-state index contributed by atoms with van der Waals surface area (Å²) in [6.45, 7) is 2.28. The summed E-state index contributed by atoms with van der Waals surface area (Å²) in [6.07, 6.45) is -0.345. The van der Waals surface area contributed by atoms with Crippen molar-refractivity contribution in [3.63, 3.8) is 0 Å². The van der Waals surface area contributed by atoms with E-state index in [1.54, 1.807) is 0 Å². The van der Waals surface area contributed by atoms with Gasteiger partial charge >= 0.3 is 0 Å². The van der Waals surface area contributed by atoms with Gasteiger partial charge in [0.25, 0.3) is 0 Å². The Bertz CT molecular complexity index is 403. The highest BCUT2D eigenvalue weighted by atomic mass is 19.1. The molecule has 1 unspecified atom stereocenters. The molecule has 1 aromatic carbocycles. The third kappa shape index (κ3) is 1.78. The monoisotopic (exact) mass is 228 g/mol. The molecule has 0 saturated carbocycles. The minimum absolute atomic E-state index is 0.0388. The van der Waals surface area contributed by atoms with Crippen LogP contribution in [0.2, 0.25) is 0 Å². The van der Waals surface area contributed by atoms with Gasteiger partial charge in [0, 0.05) is 12.5 Å². The molecule has 1 aliphatic heterocycles. The molecule has 0 amide bonds. The van der Waals surface area contributed by atoms with Crippen molar-refractivity contribution in [2.24, 2.45) is 0 Å². The lowest BCUT2D eigenvalue weighted by atomic mass is 10.1. The molecule has 0 bridgehead atoms. The van der Waals surface area contributed by atoms with Crippen LogP contribution in [0.5, 0.6) is 17.2 Å². The molecule has 0 aliphatic carbocycles. The predicted octanol–water partition coefficient (Wildman–Crippen LogP) is 1.75. The van der Waals surface area contributed by atoms with Crippen molar-refractivity contribution in [2.75, 3.05) is 13.2 Å². The number of aliphatic hydroxyl groups is 1. The maximum absolute atomic E-state index is 13.4. The lowest BCUT2D eigenvalue weighted by molar-refractivity contribution is 0.185. The molecule has 0 saturated heterocycles. The maximum atomic E-state index is 13.4. The average Bonchev–Trinajstić information content (AvgIpc) is 2.44. The van der Waals surface area contributed by atoms with Crippen molar-refractivity contribution in [1.82, 2.24) is 0 Å². The van der Waals surface area contributed by atoms with Gasteiger partial charge in [-0.05, 0) is 6.92 Å². The van der Waals surface area contributed by atoms with Gasteiger partial charge in [-0.25, -0.2) is 4.39 Å². The van der Waals surface area contributed by atoms with Gasteiger partial charge in [-0.3, -0.25) is 0 Å². The molecule has 1 atom stereocenters. The van der Waals surface area contributed by atoms with Gasteiger partial charge in [-0.1, -0.05) is 0 Å². The summed E-state index contributed by atoms with van der Waals surface area (Å²) < 4.78 is 24.0. The van der Waals surface area contributed by atoms with Crippen molar-refractivity contribution in [2.45, 2.75) is 19.4 Å². The highest BCUT2D eigenvalue weighted by molar-refractivity contribution is 5.55. The molecule has 1 aliphatic rings. The lowest BCUT2D eigenvalue weighted by Gasteiger charge is -2.16. The smallest absolute Gasteiger partial charge is 0.170 e. The zero-order valence-corrected chi connectivity index (χ0v) is 8.86. The number of fused-ring (bicyclic) bond motifs is 1. The van der Waals surface area contributed by atoms with Crippen LogP contribution in [0.4, 0.5) is 4.39 Å². The van der Waals surface area contributed by atoms with Crippen LogP contribution < -0.4 is 9.47 Å². The molecule has 0 aromatic heterocycles. The van der Waals surface area contributed by atoms with E-state index < -0.39 is 17.7 Å². The Balaban J connectivity index is 2.60. The van der Waals surface area contributed by atoms with E-state index in [-0.39, 0.29) is 17.1 Å². The zero-order valence-electron chi connectivity index (χ0n) is 8.86. The van der Waals surface area contributed by atoms with Crippen LogP contribution in [0.1, 0.15) is 25.0 Å². The molecular weight excluding hydrogens is 215 g/mol. The number of benzene rings is 1. The fraction of sp³-hybridized carbons (Fsp3) is 0.455. The first-order chi connectivity index (χ1) is 7.61. The van der Waals surface area contributed by atoms with Crippen molar-refractivity contribution < 1.29 is 24.1 Å². The highest BCUT2D eigenvalue weighted by Crippen LogP contribution is 2.43. The molecule has 16 heavy (non-hydrogen) atoms. The molecule has 5 heteroatoms. The van der Waals surface area contributed by atoms with Gasteiger partial charge in [-0.2, -0.15) is 0 Å². The SMILES string of the molecule is CC(O)c1c(O)c(F)cc2c1OCCCO2. The first-order valence-electron chi connectivity index (χ1n) is 5.10. The van der Waals surface area contributed by atoms with E-state index in [2.05, 4.69) is 0 Å². The van der Waals surface area contributed by atoms with E-state index >= 15 is 0 Å². The third-order valence-electron chi connectivity index (χ3n) is 2.42. The molecule has 1 aromatic rings. The Hall–Kier alpha value is -1.49. The molecule has 2 rings (SSSR count). The first kappa shape index (κ1) is 11.0. The van der Waals surface area contributed by atoms with Crippen LogP contribution in [0.15, 0.2) is 6.07 Å². The minimum atomic E-state index is -1.02. The Labute approximate surface area is 92.2 Å². The summed E-state index contributed by atoms with van der Waals surface area (Å²) in [5.41, 5.74) is 0.0388. The standard InChI is InChI=1S/C11H13FO4/c1-6(13)9-10(14)7(12)5-8-11(9)16-4-2-3-15-8/h5-6,13-14H,2-4H2,1H3. The Morgan fingerprint density at radius 1 is 1.38 bits per heavy atom. The number of phenols is 1. The second-order valence-corrected chi connectivity index (χ2v) is 3.67. The average molecular weight is 228 g/mol. The summed E-state index contributed by atoms with van der Waals surface area (Å²) >= 11 is 0. The summed E-state index contributed by atoms with van der Waals surface area (Å²) in [4.78, 5) is 0. The highest BCUT2D eigenvalue weighted by Gasteiger charge is 2.24. The predicted molar refractivity (Wildman–Crippen MR) is 54.3 cm³/mol. The fourth-order valence-corrected chi connectivity index (χ4v) is 1.68. The van der Waals surface area contributed by atoms with Gasteiger partial charge in [0.2, 0.25) is 0 Å². The van der Waals surface area contributed by atoms with Crippen molar-refractivity contribution in [3.05, 3.63) is 17.4 Å². The Morgan fingerprint density at radius 2 is 2.06 bits per heavy atom. The van der Waals surface area contributed by atoms with Gasteiger partial charge in [-0.15, -0.1) is 0 Å². The van der Waals surface area contributed by atoms with Crippen LogP contribution in [-0.4, -0.2) is 23.4 Å². The number of aromatic hydroxyl groups is 1. The van der Waals surface area contributed by atoms with Crippen molar-refractivity contribution in [1.29, 1.82) is 0 Å². The van der Waals surface area contributed by atoms with Crippen LogP contribution >= 0.6 is 0 Å². The molecule has 0 spiro atoms. The molecule has 0 radical (unpaired) electrons. The Kier molecular flexibility index (Phi) is 2.87. The number of phenolic OH excluding ortho intramolecular Hbond substituents is 1. The molecular formula is C11H13FO4. The molecule has 1 heterocycles. The number of hydrogen-bond acceptors (Lipinski definition) is 4. The van der Waals surface area contributed by atoms with E-state index in [1.165, 1.54) is 6.92 Å². The third-order valence-corrected chi connectivity index (χ3v) is 2.42. The van der Waals surface area contributed by atoms with E-state index in [4.69, 9.17) is 9.47 Å². The maximum Gasteiger partial charge on any atom is 0.170 e. The van der Waals surface area contributed by atoms with E-state index in [9.17, 15) is 14.6 Å². The number of halogens is 1. The van der Waals surface area contributed by atoms with Gasteiger partial charge in [0.05, 0.1) is 24.9 Å². The summed E-state index contributed by atoms with van der Waals surface area (Å²) in [5, 5.41) is 19.1. The molecule has 4 nitrogen and oxygen atoms in total. The van der Waals surface area contributed by atoms with E-state index in [0.29, 0.717) is 19.6 Å². The molecule has 88 valence electrons. The lowest BCUT2D eigenvalue weighted by Crippen LogP contribution is -2.02. The van der Waals surface area contributed by atoms with E-state index in [0.717, 1.165) is 6.07 Å². The molecule has 0 fully saturated rings. The summed E-state index contributed by atoms with van der Waals surface area (Å²) in [6, 6.07) is 1.07. The number of aliphatic hydroxyl groups excluding tert-OH is 1. The first-order valence-corrected chi connectivity index (χ1v) is 5.10. The number of rotatable bonds is 1. The Morgan fingerprint density at radius 3 is 2.75 bits per heavy atom. The normalized spacial score (nSPS) is 16.7. The second kappa shape index (κ2) is 4.17. The minimum Gasteiger partial charge on any atom is -0.504 e. The van der Waals surface area contributed by atoms with Gasteiger partial charge in [0.1, 0.15) is 0 Å². The number of ether oxygens (including phenoxy) is 2. The number of hydrogen-bond donors (Lipinski definition) is 2. The molecule has 2 N–H and O–H groups in total.